The summed E-state index contributed by atoms with van der Waals surface area (Å²) >= 11 is 0. The summed E-state index contributed by atoms with van der Waals surface area (Å²) in [5.74, 6) is -0.205. The smallest absolute Gasteiger partial charge is 0.338 e. The van der Waals surface area contributed by atoms with Gasteiger partial charge >= 0.3 is 5.97 Å². The summed E-state index contributed by atoms with van der Waals surface area (Å²) in [4.78, 5) is 15.2. The molecule has 3 saturated heterocycles. The fourth-order valence-electron chi connectivity index (χ4n) is 4.38. The predicted molar refractivity (Wildman–Crippen MR) is 91.3 cm³/mol. The highest BCUT2D eigenvalue weighted by Crippen LogP contribution is 2.41. The summed E-state index contributed by atoms with van der Waals surface area (Å²) in [6.45, 7) is 5.92. The number of ether oxygens (including phenoxy) is 1. The molecule has 4 heteroatoms. The van der Waals surface area contributed by atoms with Gasteiger partial charge in [-0.05, 0) is 81.1 Å². The predicted octanol–water partition coefficient (Wildman–Crippen LogP) is 2.84. The monoisotopic (exact) mass is 322 g/mol. The molecule has 1 aromatic carbocycles. The molecule has 124 valence electrons. The van der Waals surface area contributed by atoms with Crippen molar-refractivity contribution in [1.82, 2.24) is 4.90 Å². The third-order valence-corrected chi connectivity index (χ3v) is 5.95. The first-order chi connectivity index (χ1) is 11.6. The Bertz CT molecular complexity index is 751. The number of allylic oxidation sites excluding steroid dienone is 1. The van der Waals surface area contributed by atoms with E-state index in [1.165, 1.54) is 0 Å². The van der Waals surface area contributed by atoms with Gasteiger partial charge in [0.05, 0.1) is 23.8 Å². The van der Waals surface area contributed by atoms with Gasteiger partial charge in [0.25, 0.3) is 0 Å². The molecule has 1 aliphatic carbocycles. The van der Waals surface area contributed by atoms with Crippen LogP contribution in [-0.2, 0) is 16.0 Å². The van der Waals surface area contributed by atoms with Gasteiger partial charge in [0.15, 0.2) is 0 Å². The van der Waals surface area contributed by atoms with Crippen LogP contribution in [0.3, 0.4) is 0 Å². The average molecular weight is 322 g/mol. The maximum absolute atomic E-state index is 12.7. The lowest BCUT2D eigenvalue weighted by Crippen LogP contribution is -2.50. The quantitative estimate of drug-likeness (QED) is 0.803. The number of piperidine rings is 3. The van der Waals surface area contributed by atoms with Gasteiger partial charge < -0.3 is 9.64 Å². The lowest BCUT2D eigenvalue weighted by atomic mass is 9.73. The number of aryl methyl sites for hydroxylation is 1. The summed E-state index contributed by atoms with van der Waals surface area (Å²) in [5.41, 5.74) is 4.54. The Balaban J connectivity index is 1.48. The van der Waals surface area contributed by atoms with Gasteiger partial charge in [-0.25, -0.2) is 4.79 Å². The second-order valence-electron chi connectivity index (χ2n) is 7.43. The molecule has 0 amide bonds. The standard InChI is InChI=1S/C20H22N2O2/c1-14-10-15(12-21)11-16-2-3-17(18(14)16)19(23)24-13-20-4-7-22(8-5-20)9-6-20/h3,10-11H,2,4-9,13H2,1H3. The van der Waals surface area contributed by atoms with Crippen molar-refractivity contribution in [3.63, 3.8) is 0 Å². The van der Waals surface area contributed by atoms with Gasteiger partial charge in [0, 0.05) is 5.41 Å². The minimum atomic E-state index is -0.205. The summed E-state index contributed by atoms with van der Waals surface area (Å²) < 4.78 is 5.76. The molecule has 3 heterocycles. The normalized spacial score (nSPS) is 27.3. The van der Waals surface area contributed by atoms with Crippen LogP contribution in [0, 0.1) is 23.7 Å². The van der Waals surface area contributed by atoms with Gasteiger partial charge in [-0.15, -0.1) is 0 Å². The van der Waals surface area contributed by atoms with E-state index in [4.69, 9.17) is 10.00 Å². The fraction of sp³-hybridized carbons (Fsp3) is 0.500. The number of fused-ring (bicyclic) bond motifs is 4. The Morgan fingerprint density at radius 2 is 2.00 bits per heavy atom. The van der Waals surface area contributed by atoms with Crippen LogP contribution >= 0.6 is 0 Å². The minimum absolute atomic E-state index is 0.201. The number of nitriles is 1. The topological polar surface area (TPSA) is 53.3 Å². The van der Waals surface area contributed by atoms with Crippen molar-refractivity contribution in [1.29, 1.82) is 5.26 Å². The van der Waals surface area contributed by atoms with Crippen LogP contribution < -0.4 is 0 Å². The number of hydrogen-bond donors (Lipinski definition) is 0. The minimum Gasteiger partial charge on any atom is -0.461 e. The zero-order chi connectivity index (χ0) is 16.7. The van der Waals surface area contributed by atoms with E-state index in [1.807, 2.05) is 25.1 Å². The molecule has 2 bridgehead atoms. The van der Waals surface area contributed by atoms with Crippen LogP contribution in [0.5, 0.6) is 0 Å². The molecule has 3 aliphatic heterocycles. The Morgan fingerprint density at radius 1 is 1.29 bits per heavy atom. The second-order valence-corrected chi connectivity index (χ2v) is 7.43. The molecule has 0 aromatic heterocycles. The Labute approximate surface area is 142 Å². The van der Waals surface area contributed by atoms with Gasteiger partial charge in [-0.3, -0.25) is 0 Å². The highest BCUT2D eigenvalue weighted by atomic mass is 16.5. The molecule has 0 spiro atoms. The third kappa shape index (κ3) is 2.53. The molecular formula is C20H22N2O2. The number of benzene rings is 1. The van der Waals surface area contributed by atoms with E-state index >= 15 is 0 Å². The van der Waals surface area contributed by atoms with E-state index in [2.05, 4.69) is 11.0 Å². The van der Waals surface area contributed by atoms with Crippen LogP contribution in [0.2, 0.25) is 0 Å². The Morgan fingerprint density at radius 3 is 2.67 bits per heavy atom. The van der Waals surface area contributed by atoms with Crippen LogP contribution in [0.25, 0.3) is 5.57 Å². The molecule has 3 fully saturated rings. The van der Waals surface area contributed by atoms with Gasteiger partial charge in [-0.1, -0.05) is 6.08 Å². The molecule has 0 saturated carbocycles. The van der Waals surface area contributed by atoms with Crippen molar-refractivity contribution in [2.45, 2.75) is 32.6 Å². The highest BCUT2D eigenvalue weighted by Gasteiger charge is 2.40. The third-order valence-electron chi connectivity index (χ3n) is 5.95. The Hall–Kier alpha value is -2.12. The van der Waals surface area contributed by atoms with Crippen molar-refractivity contribution in [2.75, 3.05) is 26.2 Å². The molecular weight excluding hydrogens is 300 g/mol. The zero-order valence-corrected chi connectivity index (χ0v) is 14.1. The molecule has 0 radical (unpaired) electrons. The van der Waals surface area contributed by atoms with E-state index in [-0.39, 0.29) is 11.4 Å². The average Bonchev–Trinajstić information content (AvgIpc) is 3.06. The highest BCUT2D eigenvalue weighted by molar-refractivity contribution is 6.18. The molecule has 24 heavy (non-hydrogen) atoms. The van der Waals surface area contributed by atoms with E-state index in [9.17, 15) is 4.79 Å². The molecule has 1 aromatic rings. The lowest BCUT2D eigenvalue weighted by molar-refractivity contribution is -0.143. The summed E-state index contributed by atoms with van der Waals surface area (Å²) in [7, 11) is 0. The van der Waals surface area contributed by atoms with Crippen molar-refractivity contribution in [2.24, 2.45) is 5.41 Å². The Kier molecular flexibility index (Phi) is 3.69. The molecule has 0 N–H and O–H groups in total. The van der Waals surface area contributed by atoms with E-state index in [1.54, 1.807) is 0 Å². The first-order valence-corrected chi connectivity index (χ1v) is 8.74. The van der Waals surface area contributed by atoms with Gasteiger partial charge in [0.2, 0.25) is 0 Å². The molecule has 5 rings (SSSR count). The van der Waals surface area contributed by atoms with Crippen molar-refractivity contribution < 1.29 is 9.53 Å². The maximum Gasteiger partial charge on any atom is 0.338 e. The van der Waals surface area contributed by atoms with Gasteiger partial charge in [0.1, 0.15) is 0 Å². The first kappa shape index (κ1) is 15.4. The number of rotatable bonds is 3. The number of nitrogens with zero attached hydrogens (tertiary/aromatic N) is 2. The van der Waals surface area contributed by atoms with Crippen LogP contribution in [-0.4, -0.2) is 37.1 Å². The first-order valence-electron chi connectivity index (χ1n) is 8.74. The zero-order valence-electron chi connectivity index (χ0n) is 14.1. The number of esters is 1. The fourth-order valence-corrected chi connectivity index (χ4v) is 4.38. The maximum atomic E-state index is 12.7. The molecule has 0 unspecified atom stereocenters. The molecule has 4 aliphatic rings. The number of hydrogen-bond acceptors (Lipinski definition) is 4. The van der Waals surface area contributed by atoms with E-state index < -0.39 is 0 Å². The summed E-state index contributed by atoms with van der Waals surface area (Å²) in [5, 5.41) is 9.09. The van der Waals surface area contributed by atoms with Crippen molar-refractivity contribution >= 4 is 11.5 Å². The van der Waals surface area contributed by atoms with E-state index in [0.717, 1.165) is 55.6 Å². The summed E-state index contributed by atoms with van der Waals surface area (Å²) in [6.07, 6.45) is 6.07. The lowest BCUT2D eigenvalue weighted by Gasteiger charge is -2.47. The largest absolute Gasteiger partial charge is 0.461 e. The number of carbonyl (C=O) groups is 1. The van der Waals surface area contributed by atoms with Crippen LogP contribution in [0.15, 0.2) is 18.2 Å². The van der Waals surface area contributed by atoms with Crippen molar-refractivity contribution in [3.8, 4) is 6.07 Å². The van der Waals surface area contributed by atoms with Crippen LogP contribution in [0.1, 0.15) is 41.5 Å². The number of carbonyl (C=O) groups excluding carboxylic acids is 1. The van der Waals surface area contributed by atoms with Crippen molar-refractivity contribution in [3.05, 3.63) is 40.5 Å². The van der Waals surface area contributed by atoms with E-state index in [0.29, 0.717) is 24.2 Å². The van der Waals surface area contributed by atoms with Crippen LogP contribution in [0.4, 0.5) is 0 Å². The molecule has 4 nitrogen and oxygen atoms in total. The molecule has 0 atom stereocenters. The SMILES string of the molecule is Cc1cc(C#N)cc2c1C(C(=O)OCC13CCN(CC1)CC3)=CC2. The summed E-state index contributed by atoms with van der Waals surface area (Å²) in [6, 6.07) is 5.92. The van der Waals surface area contributed by atoms with Gasteiger partial charge in [-0.2, -0.15) is 5.26 Å². The second kappa shape index (κ2) is 5.75.